The van der Waals surface area contributed by atoms with Crippen molar-refractivity contribution in [1.29, 1.82) is 0 Å². The van der Waals surface area contributed by atoms with Crippen molar-refractivity contribution < 1.29 is 13.2 Å². The number of urea groups is 1. The van der Waals surface area contributed by atoms with E-state index >= 15 is 0 Å². The number of hydrogen-bond donors (Lipinski definition) is 2. The van der Waals surface area contributed by atoms with Crippen molar-refractivity contribution in [1.82, 2.24) is 19.9 Å². The number of carbonyl (C=O) groups excluding carboxylic acids is 1. The molecule has 2 N–H and O–H groups in total. The van der Waals surface area contributed by atoms with Gasteiger partial charge in [-0.1, -0.05) is 18.2 Å². The first-order valence-electron chi connectivity index (χ1n) is 7.89. The van der Waals surface area contributed by atoms with Gasteiger partial charge in [-0.2, -0.15) is 0 Å². The third-order valence-electron chi connectivity index (χ3n) is 4.00. The maximum Gasteiger partial charge on any atom is 0.317 e. The molecule has 1 aromatic heterocycles. The van der Waals surface area contributed by atoms with Crippen LogP contribution in [0.25, 0.3) is 10.9 Å². The number of likely N-dealkylation sites (tertiary alicyclic amines) is 1. The molecular formula is C16H20N4O3S. The molecule has 0 radical (unpaired) electrons. The Kier molecular flexibility index (Phi) is 4.68. The molecular weight excluding hydrogens is 328 g/mol. The van der Waals surface area contributed by atoms with Gasteiger partial charge < -0.3 is 10.2 Å². The molecule has 1 fully saturated rings. The van der Waals surface area contributed by atoms with E-state index in [1.165, 1.54) is 6.20 Å². The van der Waals surface area contributed by atoms with E-state index in [9.17, 15) is 13.2 Å². The molecule has 0 bridgehead atoms. The number of rotatable bonds is 4. The van der Waals surface area contributed by atoms with E-state index in [1.54, 1.807) is 11.0 Å². The van der Waals surface area contributed by atoms with Crippen LogP contribution >= 0.6 is 0 Å². The molecule has 0 unspecified atom stereocenters. The van der Waals surface area contributed by atoms with E-state index in [4.69, 9.17) is 0 Å². The Bertz CT molecular complexity index is 853. The standard InChI is InChI=1S/C16H20N4O3S/c1-2-17-16(21)20-8-7-13(11-20)19-24(22,23)14-9-12-5-3-4-6-15(12)18-10-14/h3-6,9-10,13,19H,2,7-8,11H2,1H3,(H,17,21)/t13-/m1/s1. The normalized spacial score (nSPS) is 18.0. The molecule has 1 aromatic carbocycles. The summed E-state index contributed by atoms with van der Waals surface area (Å²) in [6, 6.07) is 8.52. The number of nitrogens with one attached hydrogen (secondary N) is 2. The molecule has 2 amide bonds. The number of aromatic nitrogens is 1. The third kappa shape index (κ3) is 3.49. The molecule has 1 saturated heterocycles. The predicted molar refractivity (Wildman–Crippen MR) is 91.1 cm³/mol. The van der Waals surface area contributed by atoms with Crippen LogP contribution in [0.3, 0.4) is 0 Å². The van der Waals surface area contributed by atoms with Crippen molar-refractivity contribution in [2.24, 2.45) is 0 Å². The summed E-state index contributed by atoms with van der Waals surface area (Å²) in [5, 5.41) is 3.50. The van der Waals surface area contributed by atoms with Crippen molar-refractivity contribution in [3.05, 3.63) is 36.5 Å². The highest BCUT2D eigenvalue weighted by Gasteiger charge is 2.29. The average Bonchev–Trinajstić information content (AvgIpc) is 3.02. The summed E-state index contributed by atoms with van der Waals surface area (Å²) in [4.78, 5) is 17.8. The van der Waals surface area contributed by atoms with E-state index in [2.05, 4.69) is 15.0 Å². The molecule has 0 spiro atoms. The second-order valence-electron chi connectivity index (χ2n) is 5.75. The van der Waals surface area contributed by atoms with Crippen LogP contribution in [0.1, 0.15) is 13.3 Å². The molecule has 0 aliphatic carbocycles. The number of para-hydroxylation sites is 1. The van der Waals surface area contributed by atoms with Gasteiger partial charge >= 0.3 is 6.03 Å². The van der Waals surface area contributed by atoms with Crippen LogP contribution in [0.15, 0.2) is 41.4 Å². The number of nitrogens with zero attached hydrogens (tertiary/aromatic N) is 2. The maximum atomic E-state index is 12.6. The monoisotopic (exact) mass is 348 g/mol. The van der Waals surface area contributed by atoms with Gasteiger partial charge in [0.15, 0.2) is 0 Å². The second-order valence-corrected chi connectivity index (χ2v) is 7.47. The summed E-state index contributed by atoms with van der Waals surface area (Å²) in [6.07, 6.45) is 1.96. The van der Waals surface area contributed by atoms with Gasteiger partial charge in [-0.15, -0.1) is 0 Å². The van der Waals surface area contributed by atoms with Gasteiger partial charge in [0.25, 0.3) is 0 Å². The lowest BCUT2D eigenvalue weighted by atomic mass is 10.2. The van der Waals surface area contributed by atoms with E-state index in [-0.39, 0.29) is 17.0 Å². The summed E-state index contributed by atoms with van der Waals surface area (Å²) in [7, 11) is -3.67. The molecule has 1 aliphatic heterocycles. The maximum absolute atomic E-state index is 12.6. The van der Waals surface area contributed by atoms with Crippen LogP contribution in [-0.4, -0.2) is 50.0 Å². The summed E-state index contributed by atoms with van der Waals surface area (Å²) in [5.74, 6) is 0. The molecule has 2 heterocycles. The highest BCUT2D eigenvalue weighted by atomic mass is 32.2. The fourth-order valence-electron chi connectivity index (χ4n) is 2.79. The van der Waals surface area contributed by atoms with E-state index in [0.717, 1.165) is 10.9 Å². The van der Waals surface area contributed by atoms with Crippen molar-refractivity contribution >= 4 is 27.0 Å². The van der Waals surface area contributed by atoms with E-state index < -0.39 is 10.0 Å². The summed E-state index contributed by atoms with van der Waals surface area (Å²) < 4.78 is 27.8. The van der Waals surface area contributed by atoms with Gasteiger partial charge in [-0.25, -0.2) is 17.9 Å². The average molecular weight is 348 g/mol. The van der Waals surface area contributed by atoms with Crippen molar-refractivity contribution in [3.8, 4) is 0 Å². The van der Waals surface area contributed by atoms with E-state index in [1.807, 2.05) is 31.2 Å². The molecule has 7 nitrogen and oxygen atoms in total. The van der Waals surface area contributed by atoms with Gasteiger partial charge in [0.2, 0.25) is 10.0 Å². The highest BCUT2D eigenvalue weighted by Crippen LogP contribution is 2.18. The van der Waals surface area contributed by atoms with Crippen molar-refractivity contribution in [2.45, 2.75) is 24.3 Å². The van der Waals surface area contributed by atoms with Crippen LogP contribution in [-0.2, 0) is 10.0 Å². The Balaban J connectivity index is 1.73. The third-order valence-corrected chi connectivity index (χ3v) is 5.49. The molecule has 1 atom stereocenters. The smallest absolute Gasteiger partial charge is 0.317 e. The second kappa shape index (κ2) is 6.74. The van der Waals surface area contributed by atoms with Gasteiger partial charge in [0, 0.05) is 37.3 Å². The minimum Gasteiger partial charge on any atom is -0.338 e. The lowest BCUT2D eigenvalue weighted by Gasteiger charge is -2.17. The first-order chi connectivity index (χ1) is 11.5. The number of sulfonamides is 1. The zero-order valence-corrected chi connectivity index (χ0v) is 14.2. The number of amides is 2. The van der Waals surface area contributed by atoms with Gasteiger partial charge in [0.05, 0.1) is 5.52 Å². The van der Waals surface area contributed by atoms with Crippen LogP contribution in [0, 0.1) is 0 Å². The number of pyridine rings is 1. The minimum absolute atomic E-state index is 0.137. The summed E-state index contributed by atoms with van der Waals surface area (Å²) >= 11 is 0. The highest BCUT2D eigenvalue weighted by molar-refractivity contribution is 7.89. The van der Waals surface area contributed by atoms with Gasteiger partial charge in [-0.05, 0) is 25.5 Å². The number of hydrogen-bond acceptors (Lipinski definition) is 4. The van der Waals surface area contributed by atoms with Crippen molar-refractivity contribution in [2.75, 3.05) is 19.6 Å². The lowest BCUT2D eigenvalue weighted by molar-refractivity contribution is 0.208. The Morgan fingerprint density at radius 1 is 1.38 bits per heavy atom. The SMILES string of the molecule is CCNC(=O)N1CC[C@@H](NS(=O)(=O)c2cnc3ccccc3c2)C1. The van der Waals surface area contributed by atoms with Crippen LogP contribution in [0.2, 0.25) is 0 Å². The van der Waals surface area contributed by atoms with Crippen LogP contribution in [0.5, 0.6) is 0 Å². The zero-order valence-electron chi connectivity index (χ0n) is 13.4. The summed E-state index contributed by atoms with van der Waals surface area (Å²) in [5.41, 5.74) is 0.750. The molecule has 8 heteroatoms. The molecule has 3 rings (SSSR count). The Morgan fingerprint density at radius 3 is 2.96 bits per heavy atom. The van der Waals surface area contributed by atoms with Crippen molar-refractivity contribution in [3.63, 3.8) is 0 Å². The largest absolute Gasteiger partial charge is 0.338 e. The molecule has 1 aliphatic rings. The minimum atomic E-state index is -3.67. The fourth-order valence-corrected chi connectivity index (χ4v) is 4.03. The number of carbonyl (C=O) groups is 1. The predicted octanol–water partition coefficient (Wildman–Crippen LogP) is 1.32. The quantitative estimate of drug-likeness (QED) is 0.872. The first kappa shape index (κ1) is 16.7. The lowest BCUT2D eigenvalue weighted by Crippen LogP contribution is -2.42. The van der Waals surface area contributed by atoms with Crippen LogP contribution < -0.4 is 10.0 Å². The van der Waals surface area contributed by atoms with Gasteiger partial charge in [0.1, 0.15) is 4.90 Å². The Hall–Kier alpha value is -2.19. The summed E-state index contributed by atoms with van der Waals surface area (Å²) in [6.45, 7) is 3.30. The fraction of sp³-hybridized carbons (Fsp3) is 0.375. The molecule has 24 heavy (non-hydrogen) atoms. The molecule has 2 aromatic rings. The van der Waals surface area contributed by atoms with Crippen LogP contribution in [0.4, 0.5) is 4.79 Å². The van der Waals surface area contributed by atoms with Gasteiger partial charge in [-0.3, -0.25) is 4.98 Å². The Labute approximate surface area is 141 Å². The molecule has 128 valence electrons. The molecule has 0 saturated carbocycles. The Morgan fingerprint density at radius 2 is 2.17 bits per heavy atom. The van der Waals surface area contributed by atoms with E-state index in [0.29, 0.717) is 26.1 Å². The first-order valence-corrected chi connectivity index (χ1v) is 9.38. The number of fused-ring (bicyclic) bond motifs is 1. The zero-order chi connectivity index (χ0) is 17.2. The number of benzene rings is 1. The topological polar surface area (TPSA) is 91.4 Å².